The van der Waals surface area contributed by atoms with Gasteiger partial charge < -0.3 is 10.3 Å². The van der Waals surface area contributed by atoms with Crippen LogP contribution in [0.15, 0.2) is 36.5 Å². The number of amides is 1. The molecule has 1 aromatic carbocycles. The lowest BCUT2D eigenvalue weighted by Crippen LogP contribution is -2.27. The van der Waals surface area contributed by atoms with E-state index in [1.807, 2.05) is 41.9 Å². The Bertz CT molecular complexity index is 1180. The van der Waals surface area contributed by atoms with Crippen molar-refractivity contribution in [3.63, 3.8) is 0 Å². The van der Waals surface area contributed by atoms with Gasteiger partial charge in [-0.25, -0.2) is 14.6 Å². The van der Waals surface area contributed by atoms with Gasteiger partial charge in [-0.15, -0.1) is 0 Å². The molecule has 1 unspecified atom stereocenters. The third-order valence-electron chi connectivity index (χ3n) is 5.48. The summed E-state index contributed by atoms with van der Waals surface area (Å²) in [5.41, 5.74) is 4.26. The van der Waals surface area contributed by atoms with Gasteiger partial charge in [0.05, 0.1) is 34.2 Å². The molecule has 3 aromatic heterocycles. The normalized spacial score (nSPS) is 15.3. The monoisotopic (exact) mass is 388 g/mol. The van der Waals surface area contributed by atoms with Gasteiger partial charge in [0.25, 0.3) is 5.91 Å². The number of nitrogens with zero attached hydrogens (tertiary/aromatic N) is 4. The summed E-state index contributed by atoms with van der Waals surface area (Å²) in [6, 6.07) is 9.73. The summed E-state index contributed by atoms with van der Waals surface area (Å²) in [6.07, 6.45) is 4.01. The van der Waals surface area contributed by atoms with Crippen LogP contribution >= 0.6 is 0 Å². The first-order valence-corrected chi connectivity index (χ1v) is 10.1. The molecule has 0 bridgehead atoms. The van der Waals surface area contributed by atoms with Gasteiger partial charge in [-0.2, -0.15) is 5.10 Å². The Hall–Kier alpha value is -3.22. The SMILES string of the molecule is CC(NC(=O)c1cc(C2CC2)nc2c1cnn2C(C)C)c1nc2ccccc2[nH]1. The summed E-state index contributed by atoms with van der Waals surface area (Å²) in [5, 5.41) is 8.36. The predicted molar refractivity (Wildman–Crippen MR) is 112 cm³/mol. The van der Waals surface area contributed by atoms with Crippen LogP contribution in [0.4, 0.5) is 0 Å². The van der Waals surface area contributed by atoms with Crippen molar-refractivity contribution in [3.05, 3.63) is 53.6 Å². The standard InChI is InChI=1S/C22H24N6O/c1-12(2)28-21-16(11-23-28)15(10-19(27-21)14-8-9-14)22(29)24-13(3)20-25-17-6-4-5-7-18(17)26-20/h4-7,10-14H,8-9H2,1-3H3,(H,24,29)(H,25,26). The number of benzene rings is 1. The molecule has 29 heavy (non-hydrogen) atoms. The van der Waals surface area contributed by atoms with Gasteiger partial charge in [0.15, 0.2) is 5.65 Å². The van der Waals surface area contributed by atoms with Gasteiger partial charge in [-0.3, -0.25) is 4.79 Å². The third kappa shape index (κ3) is 3.16. The van der Waals surface area contributed by atoms with Crippen LogP contribution in [0.5, 0.6) is 0 Å². The van der Waals surface area contributed by atoms with Gasteiger partial charge >= 0.3 is 0 Å². The van der Waals surface area contributed by atoms with E-state index in [1.165, 1.54) is 0 Å². The smallest absolute Gasteiger partial charge is 0.252 e. The molecule has 4 aromatic rings. The van der Waals surface area contributed by atoms with Crippen molar-refractivity contribution in [2.45, 2.75) is 51.6 Å². The molecule has 5 rings (SSSR count). The highest BCUT2D eigenvalue weighted by atomic mass is 16.1. The van der Waals surface area contributed by atoms with E-state index in [0.29, 0.717) is 11.5 Å². The fraction of sp³-hybridized carbons (Fsp3) is 0.364. The quantitative estimate of drug-likeness (QED) is 0.535. The minimum absolute atomic E-state index is 0.129. The molecular weight excluding hydrogens is 364 g/mol. The van der Waals surface area contributed by atoms with Crippen LogP contribution in [0.1, 0.15) is 73.5 Å². The highest BCUT2D eigenvalue weighted by molar-refractivity contribution is 6.05. The molecule has 1 amide bonds. The molecular formula is C22H24N6O. The molecule has 7 heteroatoms. The lowest BCUT2D eigenvalue weighted by atomic mass is 10.1. The second kappa shape index (κ2) is 6.69. The van der Waals surface area contributed by atoms with E-state index in [9.17, 15) is 4.79 Å². The van der Waals surface area contributed by atoms with Gasteiger partial charge in [0.1, 0.15) is 5.82 Å². The van der Waals surface area contributed by atoms with Gasteiger partial charge in [-0.05, 0) is 51.8 Å². The number of aromatic amines is 1. The number of hydrogen-bond donors (Lipinski definition) is 2. The zero-order valence-corrected chi connectivity index (χ0v) is 16.8. The summed E-state index contributed by atoms with van der Waals surface area (Å²) in [5.74, 6) is 1.06. The molecule has 1 aliphatic rings. The first-order valence-electron chi connectivity index (χ1n) is 10.1. The topological polar surface area (TPSA) is 88.5 Å². The Morgan fingerprint density at radius 2 is 2.00 bits per heavy atom. The van der Waals surface area contributed by atoms with E-state index < -0.39 is 0 Å². The van der Waals surface area contributed by atoms with Crippen molar-refractivity contribution < 1.29 is 4.79 Å². The van der Waals surface area contributed by atoms with Crippen molar-refractivity contribution in [2.75, 3.05) is 0 Å². The second-order valence-electron chi connectivity index (χ2n) is 8.12. The average molecular weight is 388 g/mol. The molecule has 1 atom stereocenters. The molecule has 1 fully saturated rings. The molecule has 0 saturated heterocycles. The van der Waals surface area contributed by atoms with Crippen molar-refractivity contribution in [1.82, 2.24) is 30.0 Å². The van der Waals surface area contributed by atoms with Crippen LogP contribution in [-0.4, -0.2) is 30.6 Å². The number of carbonyl (C=O) groups is 1. The second-order valence-corrected chi connectivity index (χ2v) is 8.12. The first kappa shape index (κ1) is 17.8. The number of aromatic nitrogens is 5. The molecule has 0 aliphatic heterocycles. The van der Waals surface area contributed by atoms with E-state index in [1.54, 1.807) is 6.20 Å². The van der Waals surface area contributed by atoms with Gasteiger partial charge in [-0.1, -0.05) is 12.1 Å². The Morgan fingerprint density at radius 3 is 2.72 bits per heavy atom. The lowest BCUT2D eigenvalue weighted by Gasteiger charge is -2.13. The molecule has 2 N–H and O–H groups in total. The molecule has 1 aliphatic carbocycles. The zero-order chi connectivity index (χ0) is 20.1. The maximum atomic E-state index is 13.2. The number of fused-ring (bicyclic) bond motifs is 2. The number of nitrogens with one attached hydrogen (secondary N) is 2. The minimum atomic E-state index is -0.248. The largest absolute Gasteiger partial charge is 0.342 e. The summed E-state index contributed by atoms with van der Waals surface area (Å²) in [7, 11) is 0. The Morgan fingerprint density at radius 1 is 1.21 bits per heavy atom. The molecule has 7 nitrogen and oxygen atoms in total. The van der Waals surface area contributed by atoms with Gasteiger partial charge in [0, 0.05) is 17.7 Å². The van der Waals surface area contributed by atoms with Crippen LogP contribution < -0.4 is 5.32 Å². The summed E-state index contributed by atoms with van der Waals surface area (Å²) < 4.78 is 1.89. The van der Waals surface area contributed by atoms with E-state index in [-0.39, 0.29) is 18.0 Å². The summed E-state index contributed by atoms with van der Waals surface area (Å²) in [4.78, 5) is 25.9. The number of H-pyrrole nitrogens is 1. The zero-order valence-electron chi connectivity index (χ0n) is 16.8. The number of para-hydroxylation sites is 2. The Labute approximate surface area is 168 Å². The molecule has 3 heterocycles. The highest BCUT2D eigenvalue weighted by Crippen LogP contribution is 2.40. The number of rotatable bonds is 5. The van der Waals surface area contributed by atoms with E-state index >= 15 is 0 Å². The Balaban J connectivity index is 1.49. The first-order chi connectivity index (χ1) is 14.0. The van der Waals surface area contributed by atoms with Crippen LogP contribution in [0.3, 0.4) is 0 Å². The maximum Gasteiger partial charge on any atom is 0.252 e. The summed E-state index contributed by atoms with van der Waals surface area (Å²) >= 11 is 0. The highest BCUT2D eigenvalue weighted by Gasteiger charge is 2.28. The van der Waals surface area contributed by atoms with Gasteiger partial charge in [0.2, 0.25) is 0 Å². The average Bonchev–Trinajstić information content (AvgIpc) is 3.31. The fourth-order valence-corrected chi connectivity index (χ4v) is 3.71. The number of carbonyl (C=O) groups excluding carboxylic acids is 1. The van der Waals surface area contributed by atoms with Crippen molar-refractivity contribution in [2.24, 2.45) is 0 Å². The van der Waals surface area contributed by atoms with Crippen LogP contribution in [0, 0.1) is 0 Å². The Kier molecular flexibility index (Phi) is 4.12. The van der Waals surface area contributed by atoms with Crippen molar-refractivity contribution in [3.8, 4) is 0 Å². The third-order valence-corrected chi connectivity index (χ3v) is 5.48. The summed E-state index contributed by atoms with van der Waals surface area (Å²) in [6.45, 7) is 6.08. The van der Waals surface area contributed by atoms with Crippen LogP contribution in [0.2, 0.25) is 0 Å². The van der Waals surface area contributed by atoms with Crippen molar-refractivity contribution in [1.29, 1.82) is 0 Å². The lowest BCUT2D eigenvalue weighted by molar-refractivity contribution is 0.0940. The number of pyridine rings is 1. The molecule has 1 saturated carbocycles. The minimum Gasteiger partial charge on any atom is -0.342 e. The van der Waals surface area contributed by atoms with Crippen LogP contribution in [-0.2, 0) is 0 Å². The maximum absolute atomic E-state index is 13.2. The van der Waals surface area contributed by atoms with E-state index in [0.717, 1.165) is 46.4 Å². The number of hydrogen-bond acceptors (Lipinski definition) is 4. The molecule has 0 spiro atoms. The predicted octanol–water partition coefficient (Wildman–Crippen LogP) is 4.26. The van der Waals surface area contributed by atoms with Crippen molar-refractivity contribution >= 4 is 28.0 Å². The molecule has 148 valence electrons. The van der Waals surface area contributed by atoms with Crippen LogP contribution in [0.25, 0.3) is 22.1 Å². The molecule has 0 radical (unpaired) electrons. The van der Waals surface area contributed by atoms with E-state index in [4.69, 9.17) is 4.98 Å². The number of imidazole rings is 1. The van der Waals surface area contributed by atoms with E-state index in [2.05, 4.69) is 34.2 Å². The fourth-order valence-electron chi connectivity index (χ4n) is 3.71.